The van der Waals surface area contributed by atoms with Crippen LogP contribution < -0.4 is 20.4 Å². The summed E-state index contributed by atoms with van der Waals surface area (Å²) in [7, 11) is 0. The number of ether oxygens (including phenoxy) is 1. The predicted molar refractivity (Wildman–Crippen MR) is 217 cm³/mol. The Bertz CT molecular complexity index is 1820. The summed E-state index contributed by atoms with van der Waals surface area (Å²) in [5.74, 6) is 0.499. The third-order valence-corrected chi connectivity index (χ3v) is 11.7. The fourth-order valence-electron chi connectivity index (χ4n) is 6.45. The van der Waals surface area contributed by atoms with E-state index in [0.717, 1.165) is 50.8 Å². The highest BCUT2D eigenvalue weighted by atomic mass is 35.5. The molecule has 0 spiro atoms. The Morgan fingerprint density at radius 3 is 2.15 bits per heavy atom. The molecule has 3 aromatic carbocycles. The number of carbonyl (C=O) groups is 2. The number of hydrazone groups is 1. The Morgan fingerprint density at radius 2 is 1.54 bits per heavy atom. The fraction of sp³-hybridized carbons (Fsp3) is 0.475. The van der Waals surface area contributed by atoms with Crippen molar-refractivity contribution >= 4 is 81.1 Å². The Morgan fingerprint density at radius 1 is 0.885 bits per heavy atom. The van der Waals surface area contributed by atoms with Gasteiger partial charge in [-0.25, -0.2) is 0 Å². The first-order valence-corrected chi connectivity index (χ1v) is 19.6. The number of halogens is 4. The highest BCUT2D eigenvalue weighted by molar-refractivity contribution is 6.43. The minimum absolute atomic E-state index is 0.0122. The smallest absolute Gasteiger partial charge is 0.272 e. The molecule has 2 amide bonds. The molecule has 280 valence electrons. The first kappa shape index (κ1) is 40.2. The quantitative estimate of drug-likeness (QED) is 0.191. The number of amides is 2. The van der Waals surface area contributed by atoms with Crippen LogP contribution in [0.15, 0.2) is 53.6 Å². The van der Waals surface area contributed by atoms with E-state index in [1.807, 2.05) is 13.0 Å². The van der Waals surface area contributed by atoms with E-state index in [4.69, 9.17) is 56.2 Å². The summed E-state index contributed by atoms with van der Waals surface area (Å²) < 4.78 is 6.50. The third-order valence-electron chi connectivity index (χ3n) is 10.5. The number of nitrogens with one attached hydrogen (secondary N) is 2. The van der Waals surface area contributed by atoms with Gasteiger partial charge in [-0.2, -0.15) is 5.01 Å². The van der Waals surface area contributed by atoms with Crippen LogP contribution in [0.25, 0.3) is 0 Å². The molecule has 1 saturated heterocycles. The zero-order chi connectivity index (χ0) is 38.0. The molecule has 0 bridgehead atoms. The number of anilines is 3. The first-order chi connectivity index (χ1) is 24.6. The standard InChI is InChI=1S/C40H49Cl4N5O3/c1-8-32(52-33-17-14-24(39(4,5)9-2)20-27(33)40(6,7)10-3)37(50)45-26-15-16-28(42)31(23-26)46-36-35(48-18-12-11-13-19-48)38(51)49(47-36)34-29(43)21-25(41)22-30(34)44/h14-17,20-23,32,35H,8-13,18-19H2,1-7H3,(H,45,50)(H,46,47). The molecule has 2 N–H and O–H groups in total. The van der Waals surface area contributed by atoms with E-state index in [1.54, 1.807) is 18.2 Å². The van der Waals surface area contributed by atoms with Gasteiger partial charge >= 0.3 is 0 Å². The average Bonchev–Trinajstić information content (AvgIpc) is 3.42. The summed E-state index contributed by atoms with van der Waals surface area (Å²) in [6.07, 6.45) is 4.64. The molecule has 0 aromatic heterocycles. The van der Waals surface area contributed by atoms with Crippen LogP contribution in [0.3, 0.4) is 0 Å². The van der Waals surface area contributed by atoms with Crippen molar-refractivity contribution in [3.05, 3.63) is 79.7 Å². The molecular weight excluding hydrogens is 740 g/mol. The van der Waals surface area contributed by atoms with Crippen LogP contribution in [0.1, 0.15) is 98.1 Å². The molecule has 3 aromatic rings. The second-order valence-corrected chi connectivity index (χ2v) is 16.5. The van der Waals surface area contributed by atoms with E-state index in [0.29, 0.717) is 39.4 Å². The van der Waals surface area contributed by atoms with Gasteiger partial charge in [-0.05, 0) is 98.0 Å². The molecule has 2 atom stereocenters. The van der Waals surface area contributed by atoms with Crippen LogP contribution in [0.5, 0.6) is 5.75 Å². The predicted octanol–water partition coefficient (Wildman–Crippen LogP) is 11.1. The van der Waals surface area contributed by atoms with Crippen molar-refractivity contribution in [1.82, 2.24) is 4.90 Å². The molecule has 52 heavy (non-hydrogen) atoms. The van der Waals surface area contributed by atoms with Gasteiger partial charge in [-0.15, -0.1) is 5.10 Å². The van der Waals surface area contributed by atoms with Crippen LogP contribution in [0.4, 0.5) is 17.1 Å². The zero-order valence-electron chi connectivity index (χ0n) is 31.0. The van der Waals surface area contributed by atoms with Crippen molar-refractivity contribution in [2.75, 3.05) is 28.7 Å². The Balaban J connectivity index is 1.41. The van der Waals surface area contributed by atoms with E-state index >= 15 is 0 Å². The first-order valence-electron chi connectivity index (χ1n) is 18.1. The number of piperidine rings is 1. The lowest BCUT2D eigenvalue weighted by atomic mass is 9.76. The highest BCUT2D eigenvalue weighted by Gasteiger charge is 2.43. The fourth-order valence-corrected chi connectivity index (χ4v) is 7.59. The summed E-state index contributed by atoms with van der Waals surface area (Å²) in [4.78, 5) is 29.9. The van der Waals surface area contributed by atoms with Gasteiger partial charge in [0.15, 0.2) is 18.0 Å². The monoisotopic (exact) mass is 787 g/mol. The molecule has 0 radical (unpaired) electrons. The van der Waals surface area contributed by atoms with Crippen LogP contribution in [-0.2, 0) is 20.4 Å². The van der Waals surface area contributed by atoms with Crippen LogP contribution in [0.2, 0.25) is 20.1 Å². The number of likely N-dealkylation sites (tertiary alicyclic amines) is 1. The van der Waals surface area contributed by atoms with Crippen molar-refractivity contribution in [2.24, 2.45) is 5.10 Å². The highest BCUT2D eigenvalue weighted by Crippen LogP contribution is 2.41. The Kier molecular flexibility index (Phi) is 12.8. The van der Waals surface area contributed by atoms with E-state index in [-0.39, 0.29) is 38.4 Å². The van der Waals surface area contributed by atoms with Crippen LogP contribution in [-0.4, -0.2) is 47.8 Å². The second-order valence-electron chi connectivity index (χ2n) is 14.9. The number of nitrogens with zero attached hydrogens (tertiary/aromatic N) is 3. The summed E-state index contributed by atoms with van der Waals surface area (Å²) in [5, 5.41) is 13.4. The minimum Gasteiger partial charge on any atom is -0.480 e. The molecule has 8 nitrogen and oxygen atoms in total. The molecule has 0 aliphatic carbocycles. The van der Waals surface area contributed by atoms with Crippen molar-refractivity contribution < 1.29 is 14.3 Å². The number of amidine groups is 1. The van der Waals surface area contributed by atoms with Gasteiger partial charge in [0.1, 0.15) is 11.4 Å². The Hall–Kier alpha value is -3.01. The summed E-state index contributed by atoms with van der Waals surface area (Å²) in [6.45, 7) is 16.6. The number of carbonyl (C=O) groups excluding carboxylic acids is 2. The van der Waals surface area contributed by atoms with Gasteiger partial charge in [0.2, 0.25) is 0 Å². The van der Waals surface area contributed by atoms with E-state index in [2.05, 4.69) is 69.2 Å². The topological polar surface area (TPSA) is 86.3 Å². The van der Waals surface area contributed by atoms with Gasteiger partial charge in [0.05, 0.1) is 20.8 Å². The molecule has 1 fully saturated rings. The van der Waals surface area contributed by atoms with Crippen molar-refractivity contribution in [2.45, 2.75) is 110 Å². The molecule has 2 aliphatic rings. The lowest BCUT2D eigenvalue weighted by Gasteiger charge is -2.32. The SMILES string of the molecule is CCC(Oc1ccc(C(C)(C)CC)cc1C(C)(C)CC)C(=O)Nc1ccc(Cl)c(NC2=NN(c3c(Cl)cc(Cl)cc3Cl)C(=O)C2N2CCCCC2)c1. The largest absolute Gasteiger partial charge is 0.480 e. The van der Waals surface area contributed by atoms with Gasteiger partial charge in [0, 0.05) is 16.3 Å². The Labute approximate surface area is 328 Å². The maximum atomic E-state index is 14.0. The average molecular weight is 790 g/mol. The molecule has 2 heterocycles. The lowest BCUT2D eigenvalue weighted by Crippen LogP contribution is -2.50. The van der Waals surface area contributed by atoms with Gasteiger partial charge in [0.25, 0.3) is 11.8 Å². The number of benzene rings is 3. The second kappa shape index (κ2) is 16.6. The molecule has 2 aliphatic heterocycles. The number of hydrogen-bond acceptors (Lipinski definition) is 6. The van der Waals surface area contributed by atoms with Crippen LogP contribution in [0, 0.1) is 0 Å². The molecule has 2 unspecified atom stereocenters. The van der Waals surface area contributed by atoms with Crippen molar-refractivity contribution in [3.63, 3.8) is 0 Å². The maximum absolute atomic E-state index is 14.0. The molecule has 0 saturated carbocycles. The van der Waals surface area contributed by atoms with Gasteiger partial charge in [-0.3, -0.25) is 14.5 Å². The normalized spacial score (nSPS) is 17.6. The van der Waals surface area contributed by atoms with E-state index in [1.165, 1.54) is 22.7 Å². The summed E-state index contributed by atoms with van der Waals surface area (Å²) in [5.41, 5.74) is 3.42. The molecular formula is C40H49Cl4N5O3. The summed E-state index contributed by atoms with van der Waals surface area (Å²) >= 11 is 25.9. The number of hydrogen-bond donors (Lipinski definition) is 2. The van der Waals surface area contributed by atoms with Crippen LogP contribution >= 0.6 is 46.4 Å². The van der Waals surface area contributed by atoms with Gasteiger partial charge < -0.3 is 15.4 Å². The molecule has 12 heteroatoms. The van der Waals surface area contributed by atoms with Crippen molar-refractivity contribution in [3.8, 4) is 5.75 Å². The number of rotatable bonds is 12. The zero-order valence-corrected chi connectivity index (χ0v) is 34.0. The van der Waals surface area contributed by atoms with Gasteiger partial charge in [-0.1, -0.05) is 113 Å². The summed E-state index contributed by atoms with van der Waals surface area (Å²) in [6, 6.07) is 13.8. The van der Waals surface area contributed by atoms with Crippen molar-refractivity contribution in [1.29, 1.82) is 0 Å². The lowest BCUT2D eigenvalue weighted by molar-refractivity contribution is -0.123. The molecule has 5 rings (SSSR count). The van der Waals surface area contributed by atoms with E-state index in [9.17, 15) is 9.59 Å². The minimum atomic E-state index is -0.744. The van der Waals surface area contributed by atoms with E-state index < -0.39 is 12.1 Å². The third kappa shape index (κ3) is 8.68. The maximum Gasteiger partial charge on any atom is 0.272 e.